The minimum atomic E-state index is -0.0671. The third-order valence-corrected chi connectivity index (χ3v) is 6.63. The molecule has 1 N–H and O–H groups in total. The maximum atomic E-state index is 13.2. The van der Waals surface area contributed by atoms with E-state index in [2.05, 4.69) is 29.6 Å². The Morgan fingerprint density at radius 1 is 0.857 bits per heavy atom. The van der Waals surface area contributed by atoms with Crippen LogP contribution in [0.25, 0.3) is 0 Å². The zero-order valence-corrected chi connectivity index (χ0v) is 20.1. The second-order valence-corrected chi connectivity index (χ2v) is 9.06. The van der Waals surface area contributed by atoms with Gasteiger partial charge in [-0.1, -0.05) is 78.9 Å². The van der Waals surface area contributed by atoms with Gasteiger partial charge in [-0.05, 0) is 48.9 Å². The Morgan fingerprint density at radius 3 is 2.11 bits per heavy atom. The van der Waals surface area contributed by atoms with E-state index in [0.29, 0.717) is 39.0 Å². The van der Waals surface area contributed by atoms with Crippen LogP contribution in [0.4, 0.5) is 0 Å². The number of carbonyl (C=O) groups is 2. The van der Waals surface area contributed by atoms with Crippen molar-refractivity contribution in [1.82, 2.24) is 10.2 Å². The van der Waals surface area contributed by atoms with Crippen molar-refractivity contribution in [3.63, 3.8) is 0 Å². The number of hydrogen-bond donors (Lipinski definition) is 1. The average Bonchev–Trinajstić information content (AvgIpc) is 2.92. The fourth-order valence-electron chi connectivity index (χ4n) is 4.57. The summed E-state index contributed by atoms with van der Waals surface area (Å²) in [6.07, 6.45) is 3.48. The van der Waals surface area contributed by atoms with Gasteiger partial charge < -0.3 is 15.0 Å². The zero-order chi connectivity index (χ0) is 24.3. The molecule has 1 heterocycles. The molecule has 0 saturated carbocycles. The number of hydrogen-bond acceptors (Lipinski definition) is 3. The standard InChI is InChI=1S/C30H34N2O3/c33-29(20-23-35-27-14-8-3-9-15-27)32-21-18-26(19-22-32)30(34)31-28(25-12-6-2-7-13-25)17-16-24-10-4-1-5-11-24/h1-15,26,28H,16-23H2,(H,31,34). The number of likely N-dealkylation sites (tertiary alicyclic amines) is 1. The van der Waals surface area contributed by atoms with E-state index in [1.807, 2.05) is 71.6 Å². The van der Waals surface area contributed by atoms with Crippen molar-refractivity contribution >= 4 is 11.8 Å². The summed E-state index contributed by atoms with van der Waals surface area (Å²) in [7, 11) is 0. The Bertz CT molecular complexity index is 1050. The van der Waals surface area contributed by atoms with Crippen molar-refractivity contribution in [1.29, 1.82) is 0 Å². The van der Waals surface area contributed by atoms with E-state index in [4.69, 9.17) is 4.74 Å². The van der Waals surface area contributed by atoms with Gasteiger partial charge in [0.1, 0.15) is 5.75 Å². The lowest BCUT2D eigenvalue weighted by atomic mass is 9.93. The maximum Gasteiger partial charge on any atom is 0.225 e. The molecule has 3 aromatic carbocycles. The summed E-state index contributed by atoms with van der Waals surface area (Å²) in [5, 5.41) is 3.31. The van der Waals surface area contributed by atoms with Crippen LogP contribution in [0.15, 0.2) is 91.0 Å². The van der Waals surface area contributed by atoms with Gasteiger partial charge in [0.15, 0.2) is 0 Å². The average molecular weight is 471 g/mol. The van der Waals surface area contributed by atoms with Crippen molar-refractivity contribution in [3.8, 4) is 5.75 Å². The van der Waals surface area contributed by atoms with Crippen molar-refractivity contribution in [2.24, 2.45) is 5.92 Å². The minimum absolute atomic E-state index is 0.0290. The fraction of sp³-hybridized carbons (Fsp3) is 0.333. The van der Waals surface area contributed by atoms with Crippen LogP contribution >= 0.6 is 0 Å². The monoisotopic (exact) mass is 470 g/mol. The molecule has 5 heteroatoms. The van der Waals surface area contributed by atoms with Gasteiger partial charge in [0.2, 0.25) is 11.8 Å². The second kappa shape index (κ2) is 12.7. The first kappa shape index (κ1) is 24.5. The predicted octanol–water partition coefficient (Wildman–Crippen LogP) is 5.18. The molecular formula is C30H34N2O3. The molecule has 0 aromatic heterocycles. The van der Waals surface area contributed by atoms with E-state index >= 15 is 0 Å². The number of nitrogens with zero attached hydrogens (tertiary/aromatic N) is 1. The van der Waals surface area contributed by atoms with Crippen molar-refractivity contribution in [3.05, 3.63) is 102 Å². The van der Waals surface area contributed by atoms with Crippen LogP contribution in [0, 0.1) is 5.92 Å². The van der Waals surface area contributed by atoms with E-state index in [9.17, 15) is 9.59 Å². The van der Waals surface area contributed by atoms with E-state index in [0.717, 1.165) is 24.2 Å². The normalized spacial score (nSPS) is 14.8. The molecule has 35 heavy (non-hydrogen) atoms. The number of benzene rings is 3. The molecule has 1 unspecified atom stereocenters. The molecule has 1 aliphatic heterocycles. The van der Waals surface area contributed by atoms with Crippen LogP contribution in [-0.4, -0.2) is 36.4 Å². The molecule has 1 saturated heterocycles. The first-order valence-corrected chi connectivity index (χ1v) is 12.5. The number of piperidine rings is 1. The largest absolute Gasteiger partial charge is 0.493 e. The Morgan fingerprint density at radius 2 is 1.46 bits per heavy atom. The highest BCUT2D eigenvalue weighted by Gasteiger charge is 2.28. The van der Waals surface area contributed by atoms with Crippen LogP contribution in [0.2, 0.25) is 0 Å². The van der Waals surface area contributed by atoms with Gasteiger partial charge in [-0.3, -0.25) is 9.59 Å². The molecule has 4 rings (SSSR count). The van der Waals surface area contributed by atoms with Gasteiger partial charge in [0.25, 0.3) is 0 Å². The van der Waals surface area contributed by atoms with Crippen LogP contribution in [0.1, 0.15) is 42.9 Å². The smallest absolute Gasteiger partial charge is 0.225 e. The molecule has 0 aliphatic carbocycles. The minimum Gasteiger partial charge on any atom is -0.493 e. The number of rotatable bonds is 10. The molecule has 3 aromatic rings. The summed E-state index contributed by atoms with van der Waals surface area (Å²) in [6.45, 7) is 1.59. The number of ether oxygens (including phenoxy) is 1. The van der Waals surface area contributed by atoms with E-state index in [1.165, 1.54) is 5.56 Å². The zero-order valence-electron chi connectivity index (χ0n) is 20.1. The lowest BCUT2D eigenvalue weighted by molar-refractivity contribution is -0.136. The molecule has 5 nitrogen and oxygen atoms in total. The first-order valence-electron chi connectivity index (χ1n) is 12.5. The number of nitrogens with one attached hydrogen (secondary N) is 1. The number of carbonyl (C=O) groups excluding carboxylic acids is 2. The molecule has 1 atom stereocenters. The van der Waals surface area contributed by atoms with Gasteiger partial charge in [-0.2, -0.15) is 0 Å². The van der Waals surface area contributed by atoms with E-state index in [1.54, 1.807) is 0 Å². The molecule has 1 aliphatic rings. The molecule has 0 spiro atoms. The molecule has 182 valence electrons. The highest BCUT2D eigenvalue weighted by molar-refractivity contribution is 5.80. The predicted molar refractivity (Wildman–Crippen MR) is 138 cm³/mol. The molecule has 0 radical (unpaired) electrons. The Labute approximate surface area is 208 Å². The molecule has 1 fully saturated rings. The topological polar surface area (TPSA) is 58.6 Å². The van der Waals surface area contributed by atoms with Crippen LogP contribution < -0.4 is 10.1 Å². The van der Waals surface area contributed by atoms with Crippen LogP contribution in [-0.2, 0) is 16.0 Å². The highest BCUT2D eigenvalue weighted by Crippen LogP contribution is 2.23. The summed E-state index contributed by atoms with van der Waals surface area (Å²) < 4.78 is 5.66. The van der Waals surface area contributed by atoms with Gasteiger partial charge in [0, 0.05) is 19.0 Å². The van der Waals surface area contributed by atoms with Crippen molar-refractivity contribution < 1.29 is 14.3 Å². The molecular weight excluding hydrogens is 436 g/mol. The SMILES string of the molecule is O=C(NC(CCc1ccccc1)c1ccccc1)C1CCN(C(=O)CCOc2ccccc2)CC1. The van der Waals surface area contributed by atoms with Gasteiger partial charge in [0.05, 0.1) is 19.1 Å². The summed E-state index contributed by atoms with van der Waals surface area (Å²) in [6, 6.07) is 30.1. The Balaban J connectivity index is 1.25. The number of para-hydroxylation sites is 1. The van der Waals surface area contributed by atoms with E-state index < -0.39 is 0 Å². The fourth-order valence-corrected chi connectivity index (χ4v) is 4.57. The summed E-state index contributed by atoms with van der Waals surface area (Å²) in [5.41, 5.74) is 2.40. The van der Waals surface area contributed by atoms with Crippen molar-refractivity contribution in [2.45, 2.75) is 38.1 Å². The highest BCUT2D eigenvalue weighted by atomic mass is 16.5. The summed E-state index contributed by atoms with van der Waals surface area (Å²) in [5.74, 6) is 0.884. The molecule has 0 bridgehead atoms. The van der Waals surface area contributed by atoms with Gasteiger partial charge in [-0.25, -0.2) is 0 Å². The Hall–Kier alpha value is -3.60. The lowest BCUT2D eigenvalue weighted by Crippen LogP contribution is -2.44. The first-order chi connectivity index (χ1) is 17.2. The van der Waals surface area contributed by atoms with Gasteiger partial charge >= 0.3 is 0 Å². The number of amides is 2. The lowest BCUT2D eigenvalue weighted by Gasteiger charge is -2.32. The second-order valence-electron chi connectivity index (χ2n) is 9.06. The third-order valence-electron chi connectivity index (χ3n) is 6.63. The summed E-state index contributed by atoms with van der Waals surface area (Å²) in [4.78, 5) is 27.6. The van der Waals surface area contributed by atoms with Gasteiger partial charge in [-0.15, -0.1) is 0 Å². The molecule has 2 amide bonds. The van der Waals surface area contributed by atoms with Crippen LogP contribution in [0.3, 0.4) is 0 Å². The summed E-state index contributed by atoms with van der Waals surface area (Å²) >= 11 is 0. The van der Waals surface area contributed by atoms with Crippen molar-refractivity contribution in [2.75, 3.05) is 19.7 Å². The maximum absolute atomic E-state index is 13.2. The third kappa shape index (κ3) is 7.44. The number of aryl methyl sites for hydroxylation is 1. The quantitative estimate of drug-likeness (QED) is 0.444. The Kier molecular flexibility index (Phi) is 8.93. The van der Waals surface area contributed by atoms with E-state index in [-0.39, 0.29) is 23.8 Å². The van der Waals surface area contributed by atoms with Crippen LogP contribution in [0.5, 0.6) is 5.75 Å².